The van der Waals surface area contributed by atoms with E-state index < -0.39 is 28.7 Å². The van der Waals surface area contributed by atoms with Crippen molar-refractivity contribution in [1.82, 2.24) is 10.6 Å². The first-order chi connectivity index (χ1) is 13.8. The monoisotopic (exact) mass is 400 g/mol. The molecular weight excluding hydrogens is 380 g/mol. The summed E-state index contributed by atoms with van der Waals surface area (Å²) < 4.78 is 5.15. The van der Waals surface area contributed by atoms with Gasteiger partial charge in [-0.15, -0.1) is 0 Å². The third-order valence-electron chi connectivity index (χ3n) is 4.02. The Balaban J connectivity index is 2.04. The lowest BCUT2D eigenvalue weighted by Gasteiger charge is -2.17. The summed E-state index contributed by atoms with van der Waals surface area (Å²) in [4.78, 5) is 46.3. The summed E-state index contributed by atoms with van der Waals surface area (Å²) in [5.74, 6) is -1.60. The Morgan fingerprint density at radius 1 is 1.17 bits per heavy atom. The molecule has 152 valence electrons. The number of ether oxygens (including phenoxy) is 1. The third-order valence-corrected chi connectivity index (χ3v) is 4.02. The number of nitrogens with zero attached hydrogens (tertiary/aromatic N) is 1. The van der Waals surface area contributed by atoms with Gasteiger partial charge in [0.1, 0.15) is 11.8 Å². The minimum atomic E-state index is -1.15. The molecule has 2 aromatic carbocycles. The zero-order valence-electron chi connectivity index (χ0n) is 15.6. The molecule has 0 spiro atoms. The molecule has 0 aliphatic heterocycles. The van der Waals surface area contributed by atoms with Gasteiger partial charge in [0.05, 0.1) is 18.6 Å². The molecule has 0 aliphatic carbocycles. The quantitative estimate of drug-likeness (QED) is 0.412. The number of non-ortho nitro benzene ring substituents is 1. The van der Waals surface area contributed by atoms with Gasteiger partial charge in [-0.3, -0.25) is 24.5 Å². The van der Waals surface area contributed by atoms with Crippen LogP contribution in [0, 0.1) is 10.1 Å². The second-order valence-electron chi connectivity index (χ2n) is 6.03. The molecule has 10 nitrogen and oxygen atoms in total. The van der Waals surface area contributed by atoms with Crippen molar-refractivity contribution in [1.29, 1.82) is 0 Å². The Hall–Kier alpha value is -3.95. The zero-order chi connectivity index (χ0) is 21.4. The minimum absolute atomic E-state index is 0.113. The number of carbonyl (C=O) groups excluding carboxylic acids is 3. The minimum Gasteiger partial charge on any atom is -0.496 e. The fraction of sp³-hybridized carbons (Fsp3) is 0.211. The Morgan fingerprint density at radius 3 is 2.45 bits per heavy atom. The van der Waals surface area contributed by atoms with Crippen LogP contribution in [0.1, 0.15) is 15.9 Å². The molecule has 3 amide bonds. The fourth-order valence-corrected chi connectivity index (χ4v) is 2.58. The average molecular weight is 400 g/mol. The van der Waals surface area contributed by atoms with E-state index in [1.807, 2.05) is 0 Å². The average Bonchev–Trinajstić information content (AvgIpc) is 2.71. The van der Waals surface area contributed by atoms with Crippen LogP contribution in [0.4, 0.5) is 5.69 Å². The van der Waals surface area contributed by atoms with Crippen molar-refractivity contribution < 1.29 is 24.0 Å². The number of nitrogens with one attached hydrogen (secondary N) is 2. The number of carbonyl (C=O) groups is 3. The Kier molecular flexibility index (Phi) is 7.24. The van der Waals surface area contributed by atoms with Gasteiger partial charge in [0.2, 0.25) is 11.8 Å². The number of benzene rings is 2. The molecule has 2 rings (SSSR count). The Bertz CT molecular complexity index is 916. The highest BCUT2D eigenvalue weighted by atomic mass is 16.6. The Morgan fingerprint density at radius 2 is 1.86 bits per heavy atom. The van der Waals surface area contributed by atoms with E-state index in [1.165, 1.54) is 25.3 Å². The number of nitrogens with two attached hydrogens (primary N) is 1. The maximum Gasteiger partial charge on any atom is 0.269 e. The highest BCUT2D eigenvalue weighted by molar-refractivity contribution is 5.97. The van der Waals surface area contributed by atoms with Crippen LogP contribution in [0.15, 0.2) is 48.5 Å². The summed E-state index contributed by atoms with van der Waals surface area (Å²) >= 11 is 0. The predicted molar refractivity (Wildman–Crippen MR) is 103 cm³/mol. The molecule has 1 atom stereocenters. The molecule has 0 unspecified atom stereocenters. The van der Waals surface area contributed by atoms with Crippen LogP contribution in [-0.4, -0.2) is 42.3 Å². The first-order valence-corrected chi connectivity index (χ1v) is 8.55. The third kappa shape index (κ3) is 6.03. The molecule has 0 fully saturated rings. The van der Waals surface area contributed by atoms with Gasteiger partial charge in [0.25, 0.3) is 11.6 Å². The smallest absolute Gasteiger partial charge is 0.269 e. The lowest BCUT2D eigenvalue weighted by Crippen LogP contribution is -2.49. The van der Waals surface area contributed by atoms with Gasteiger partial charge in [-0.05, 0) is 18.2 Å². The molecule has 0 saturated carbocycles. The van der Waals surface area contributed by atoms with Gasteiger partial charge in [-0.2, -0.15) is 0 Å². The first kappa shape index (κ1) is 21.4. The van der Waals surface area contributed by atoms with Crippen molar-refractivity contribution in [2.24, 2.45) is 5.73 Å². The summed E-state index contributed by atoms with van der Waals surface area (Å²) in [7, 11) is 1.38. The highest BCUT2D eigenvalue weighted by Crippen LogP contribution is 2.25. The summed E-state index contributed by atoms with van der Waals surface area (Å²) in [5, 5.41) is 15.8. The van der Waals surface area contributed by atoms with Gasteiger partial charge in [-0.25, -0.2) is 0 Å². The lowest BCUT2D eigenvalue weighted by atomic mass is 10.0. The summed E-state index contributed by atoms with van der Waals surface area (Å²) in [6, 6.07) is 11.1. The van der Waals surface area contributed by atoms with E-state index in [2.05, 4.69) is 10.6 Å². The van der Waals surface area contributed by atoms with E-state index in [-0.39, 0.29) is 18.7 Å². The number of primary amides is 1. The van der Waals surface area contributed by atoms with Crippen LogP contribution in [0.25, 0.3) is 0 Å². The van der Waals surface area contributed by atoms with Gasteiger partial charge in [-0.1, -0.05) is 18.2 Å². The maximum atomic E-state index is 12.1. The predicted octanol–water partition coefficient (Wildman–Crippen LogP) is 0.546. The van der Waals surface area contributed by atoms with Crippen molar-refractivity contribution in [2.45, 2.75) is 12.5 Å². The van der Waals surface area contributed by atoms with Gasteiger partial charge in [0, 0.05) is 29.7 Å². The van der Waals surface area contributed by atoms with Crippen LogP contribution >= 0.6 is 0 Å². The topological polar surface area (TPSA) is 154 Å². The molecule has 10 heteroatoms. The lowest BCUT2D eigenvalue weighted by molar-refractivity contribution is -0.384. The van der Waals surface area contributed by atoms with Crippen LogP contribution in [0.3, 0.4) is 0 Å². The van der Waals surface area contributed by atoms with Gasteiger partial charge >= 0.3 is 0 Å². The second kappa shape index (κ2) is 9.83. The van der Waals surface area contributed by atoms with E-state index >= 15 is 0 Å². The van der Waals surface area contributed by atoms with E-state index in [1.54, 1.807) is 30.3 Å². The number of nitro groups is 1. The maximum absolute atomic E-state index is 12.1. The van der Waals surface area contributed by atoms with Gasteiger partial charge < -0.3 is 21.1 Å². The molecule has 0 aromatic heterocycles. The molecule has 0 heterocycles. The number of hydrogen-bond acceptors (Lipinski definition) is 6. The first-order valence-electron chi connectivity index (χ1n) is 8.55. The number of methoxy groups -OCH3 is 1. The zero-order valence-corrected chi connectivity index (χ0v) is 15.6. The summed E-state index contributed by atoms with van der Waals surface area (Å²) in [6.07, 6.45) is -0.113. The fourth-order valence-electron chi connectivity index (χ4n) is 2.58. The van der Waals surface area contributed by atoms with E-state index in [0.29, 0.717) is 16.9 Å². The van der Waals surface area contributed by atoms with Crippen LogP contribution < -0.4 is 21.1 Å². The normalized spacial score (nSPS) is 11.2. The van der Waals surface area contributed by atoms with Crippen molar-refractivity contribution in [2.75, 3.05) is 13.7 Å². The van der Waals surface area contributed by atoms with Crippen molar-refractivity contribution >= 4 is 23.4 Å². The summed E-state index contributed by atoms with van der Waals surface area (Å²) in [6.45, 7) is -0.371. The van der Waals surface area contributed by atoms with Crippen molar-refractivity contribution in [3.05, 3.63) is 69.8 Å². The molecule has 0 aliphatic rings. The molecule has 0 saturated heterocycles. The Labute approximate surface area is 166 Å². The molecule has 4 N–H and O–H groups in total. The summed E-state index contributed by atoms with van der Waals surface area (Å²) in [5.41, 5.74) is 5.88. The molecule has 0 bridgehead atoms. The number of hydrogen-bond donors (Lipinski definition) is 3. The SMILES string of the molecule is COc1ccc([N+](=O)[O-])cc1C[C@H](NC(=O)CNC(=O)c1ccccc1)C(N)=O. The van der Waals surface area contributed by atoms with E-state index in [9.17, 15) is 24.5 Å². The van der Waals surface area contributed by atoms with Crippen LogP contribution in [0.2, 0.25) is 0 Å². The van der Waals surface area contributed by atoms with E-state index in [4.69, 9.17) is 10.5 Å². The molecule has 2 aromatic rings. The van der Waals surface area contributed by atoms with Crippen molar-refractivity contribution in [3.8, 4) is 5.75 Å². The molecular formula is C19H20N4O6. The number of nitro benzene ring substituents is 1. The molecule has 29 heavy (non-hydrogen) atoms. The van der Waals surface area contributed by atoms with Crippen molar-refractivity contribution in [3.63, 3.8) is 0 Å². The van der Waals surface area contributed by atoms with E-state index in [0.717, 1.165) is 0 Å². The molecule has 0 radical (unpaired) electrons. The van der Waals surface area contributed by atoms with Crippen LogP contribution in [-0.2, 0) is 16.0 Å². The van der Waals surface area contributed by atoms with Gasteiger partial charge in [0.15, 0.2) is 0 Å². The number of amides is 3. The number of rotatable bonds is 9. The largest absolute Gasteiger partial charge is 0.496 e. The highest BCUT2D eigenvalue weighted by Gasteiger charge is 2.22. The van der Waals surface area contributed by atoms with Crippen LogP contribution in [0.5, 0.6) is 5.75 Å². The second-order valence-corrected chi connectivity index (χ2v) is 6.03. The standard InChI is InChI=1S/C19H20N4O6/c1-29-16-8-7-14(23(27)28)9-13(16)10-15(18(20)25)22-17(24)11-21-19(26)12-5-3-2-4-6-12/h2-9,15H,10-11H2,1H3,(H2,20,25)(H,21,26)(H,22,24)/t15-/m0/s1.